The molecule has 47 heavy (non-hydrogen) atoms. The van der Waals surface area contributed by atoms with Gasteiger partial charge in [0.15, 0.2) is 24.2 Å². The molecule has 7 aliphatic rings. The van der Waals surface area contributed by atoms with Crippen LogP contribution in [0, 0.1) is 34.5 Å². The van der Waals surface area contributed by atoms with Crippen molar-refractivity contribution in [2.75, 3.05) is 13.7 Å². The summed E-state index contributed by atoms with van der Waals surface area (Å²) in [4.78, 5) is 27.7. The Balaban J connectivity index is 1.04. The second kappa shape index (κ2) is 11.9. The Morgan fingerprint density at radius 1 is 0.979 bits per heavy atom. The van der Waals surface area contributed by atoms with E-state index in [1.54, 1.807) is 6.92 Å². The van der Waals surface area contributed by atoms with E-state index in [0.717, 1.165) is 5.57 Å². The zero-order valence-corrected chi connectivity index (χ0v) is 27.7. The second-order valence-electron chi connectivity index (χ2n) is 15.6. The van der Waals surface area contributed by atoms with E-state index in [-0.39, 0.29) is 60.6 Å². The summed E-state index contributed by atoms with van der Waals surface area (Å²) in [6.07, 6.45) is -6.49. The summed E-state index contributed by atoms with van der Waals surface area (Å²) in [5, 5.41) is 52.2. The Morgan fingerprint density at radius 2 is 1.72 bits per heavy atom. The molecule has 18 atom stereocenters. The summed E-state index contributed by atoms with van der Waals surface area (Å²) in [5.74, 6) is -1.82. The van der Waals surface area contributed by atoms with Crippen LogP contribution in [0.4, 0.5) is 0 Å². The first kappa shape index (κ1) is 34.1. The number of allylic oxidation sites excluding steroid dienone is 1. The van der Waals surface area contributed by atoms with Gasteiger partial charge in [0.25, 0.3) is 0 Å². The summed E-state index contributed by atoms with van der Waals surface area (Å²) < 4.78 is 35.9. The van der Waals surface area contributed by atoms with Crippen LogP contribution in [0.5, 0.6) is 0 Å². The number of methoxy groups -OCH3 is 1. The molecule has 0 radical (unpaired) electrons. The predicted molar refractivity (Wildman–Crippen MR) is 160 cm³/mol. The number of hydrogen-bond donors (Lipinski definition) is 5. The number of Topliss-reactive ketones (excluding diaryl/α,β-unsaturated/α-hetero) is 2. The Bertz CT molecular complexity index is 1290. The van der Waals surface area contributed by atoms with Crippen LogP contribution in [0.2, 0.25) is 0 Å². The van der Waals surface area contributed by atoms with Crippen molar-refractivity contribution in [2.45, 2.75) is 140 Å². The number of carbonyl (C=O) groups is 2. The number of ketones is 2. The van der Waals surface area contributed by atoms with Gasteiger partial charge in [-0.3, -0.25) is 9.59 Å². The summed E-state index contributed by atoms with van der Waals surface area (Å²) in [5.41, 5.74) is -0.0509. The molecular formula is C34H50O13. The van der Waals surface area contributed by atoms with Crippen LogP contribution in [0.3, 0.4) is 0 Å². The van der Waals surface area contributed by atoms with Gasteiger partial charge in [-0.2, -0.15) is 0 Å². The maximum Gasteiger partial charge on any atom is 0.187 e. The van der Waals surface area contributed by atoms with Gasteiger partial charge in [0.2, 0.25) is 0 Å². The van der Waals surface area contributed by atoms with Crippen molar-refractivity contribution in [3.05, 3.63) is 11.6 Å². The van der Waals surface area contributed by atoms with Crippen LogP contribution in [0.1, 0.15) is 66.2 Å². The van der Waals surface area contributed by atoms with Gasteiger partial charge in [-0.1, -0.05) is 25.5 Å². The van der Waals surface area contributed by atoms with E-state index in [0.29, 0.717) is 19.3 Å². The van der Waals surface area contributed by atoms with Gasteiger partial charge in [-0.05, 0) is 38.0 Å². The minimum Gasteiger partial charge on any atom is -0.394 e. The van der Waals surface area contributed by atoms with Crippen LogP contribution >= 0.6 is 0 Å². The van der Waals surface area contributed by atoms with Crippen molar-refractivity contribution in [1.29, 1.82) is 0 Å². The molecule has 5 N–H and O–H groups in total. The maximum atomic E-state index is 14.3. The number of aliphatic hydroxyl groups is 5. The van der Waals surface area contributed by atoms with E-state index < -0.39 is 84.6 Å². The first-order chi connectivity index (χ1) is 22.2. The van der Waals surface area contributed by atoms with Crippen molar-refractivity contribution < 1.29 is 63.5 Å². The monoisotopic (exact) mass is 666 g/mol. The molecule has 7 rings (SSSR count). The molecule has 3 heterocycles. The third-order valence-corrected chi connectivity index (χ3v) is 13.1. The molecule has 0 amide bonds. The quantitative estimate of drug-likeness (QED) is 0.193. The standard InChI is InChI=1S/C34H50O13/c1-14-18-10-19(36)23-17-7-6-16-12-34(41,9-8-32(16,3)24(17)26(38)30(44-14)33(18,23)4)47-22-11-20(42-5)29(15(2)43-22)46-31-28(40)27(39)25(37)21(13-35)45-31/h6,14-15,17-18,20-25,27-31,35,37,39-41H,7-13H2,1-5H3/t14-,15+,17-,18-,20+,21+,22-,23-,24+,25+,27-,28+,29-,30-,31-,32-,33+,34+/m0/s1. The highest BCUT2D eigenvalue weighted by Crippen LogP contribution is 2.68. The zero-order valence-electron chi connectivity index (χ0n) is 27.7. The lowest BCUT2D eigenvalue weighted by atomic mass is 9.46. The number of hydrogen-bond acceptors (Lipinski definition) is 13. The molecule has 13 heteroatoms. The van der Waals surface area contributed by atoms with Crippen LogP contribution in [-0.2, 0) is 38.0 Å². The van der Waals surface area contributed by atoms with Crippen LogP contribution in [-0.4, -0.2) is 124 Å². The first-order valence-corrected chi connectivity index (χ1v) is 17.1. The Labute approximate surface area is 274 Å². The van der Waals surface area contributed by atoms with Crippen molar-refractivity contribution in [2.24, 2.45) is 34.5 Å². The fourth-order valence-corrected chi connectivity index (χ4v) is 10.7. The van der Waals surface area contributed by atoms with E-state index in [1.165, 1.54) is 7.11 Å². The van der Waals surface area contributed by atoms with Gasteiger partial charge in [0.05, 0.1) is 24.9 Å². The van der Waals surface area contributed by atoms with Gasteiger partial charge in [0.1, 0.15) is 42.4 Å². The van der Waals surface area contributed by atoms with Gasteiger partial charge < -0.3 is 54.0 Å². The van der Waals surface area contributed by atoms with Crippen LogP contribution in [0.25, 0.3) is 0 Å². The lowest BCUT2D eigenvalue weighted by molar-refractivity contribution is -0.365. The van der Waals surface area contributed by atoms with Gasteiger partial charge in [0, 0.05) is 56.0 Å². The normalized spacial score (nSPS) is 55.7. The van der Waals surface area contributed by atoms with Crippen molar-refractivity contribution in [3.63, 3.8) is 0 Å². The number of aliphatic hydroxyl groups excluding tert-OH is 4. The van der Waals surface area contributed by atoms with E-state index in [1.807, 2.05) is 6.92 Å². The molecule has 0 bridgehead atoms. The molecule has 6 fully saturated rings. The minimum absolute atomic E-state index is 0.0638. The van der Waals surface area contributed by atoms with Crippen molar-refractivity contribution in [3.8, 4) is 0 Å². The van der Waals surface area contributed by atoms with Crippen molar-refractivity contribution >= 4 is 11.6 Å². The summed E-state index contributed by atoms with van der Waals surface area (Å²) in [7, 11) is 1.49. The largest absolute Gasteiger partial charge is 0.394 e. The Kier molecular flexibility index (Phi) is 8.61. The zero-order chi connectivity index (χ0) is 33.8. The lowest BCUT2D eigenvalue weighted by Crippen LogP contribution is -2.62. The molecule has 0 unspecified atom stereocenters. The average Bonchev–Trinajstić information content (AvgIpc) is 3.45. The molecule has 3 aliphatic heterocycles. The summed E-state index contributed by atoms with van der Waals surface area (Å²) >= 11 is 0. The number of rotatable bonds is 6. The Morgan fingerprint density at radius 3 is 2.43 bits per heavy atom. The molecule has 4 aliphatic carbocycles. The third-order valence-electron chi connectivity index (χ3n) is 13.1. The predicted octanol–water partition coefficient (Wildman–Crippen LogP) is 0.361. The number of carbonyl (C=O) groups excluding carboxylic acids is 2. The van der Waals surface area contributed by atoms with Crippen molar-refractivity contribution in [1.82, 2.24) is 0 Å². The molecule has 0 aromatic rings. The fraction of sp³-hybridized carbons (Fsp3) is 0.882. The minimum atomic E-state index is -1.59. The highest BCUT2D eigenvalue weighted by Gasteiger charge is 2.73. The van der Waals surface area contributed by atoms with E-state index in [9.17, 15) is 35.1 Å². The molecular weight excluding hydrogens is 616 g/mol. The number of ether oxygens (including phenoxy) is 6. The number of fused-ring (bicyclic) bond motifs is 4. The molecule has 264 valence electrons. The first-order valence-electron chi connectivity index (χ1n) is 17.1. The molecule has 0 spiro atoms. The average molecular weight is 667 g/mol. The topological polar surface area (TPSA) is 191 Å². The fourth-order valence-electron chi connectivity index (χ4n) is 10.7. The van der Waals surface area contributed by atoms with E-state index in [4.69, 9.17) is 28.4 Å². The molecule has 3 saturated carbocycles. The van der Waals surface area contributed by atoms with Gasteiger partial charge in [-0.15, -0.1) is 0 Å². The van der Waals surface area contributed by atoms with Gasteiger partial charge >= 0.3 is 0 Å². The van der Waals surface area contributed by atoms with Gasteiger partial charge in [-0.25, -0.2) is 0 Å². The summed E-state index contributed by atoms with van der Waals surface area (Å²) in [6, 6.07) is 0. The molecule has 0 aromatic carbocycles. The Hall–Kier alpha value is -1.36. The van der Waals surface area contributed by atoms with Crippen LogP contribution < -0.4 is 0 Å². The van der Waals surface area contributed by atoms with Crippen LogP contribution in [0.15, 0.2) is 11.6 Å². The highest BCUT2D eigenvalue weighted by atomic mass is 16.8. The SMILES string of the molecule is CO[C@@H]1C[C@H](O[C@]2(O)CC[C@@]3(C)C(=CC[C@H]4[C@H]5C(=O)C[C@H]6[C@H](C)O[C@@H](C(=O)[C@@H]43)[C@@]56C)C2)O[C@H](C)[C@@H]1O[C@@H]1O[C@H](CO)[C@@H](O)[C@H](O)[C@H]1O. The third kappa shape index (κ3) is 5.06. The lowest BCUT2D eigenvalue weighted by Gasteiger charge is -2.57. The van der Waals surface area contributed by atoms with E-state index >= 15 is 0 Å². The highest BCUT2D eigenvalue weighted by molar-refractivity contribution is 5.96. The molecule has 3 saturated heterocycles. The second-order valence-corrected chi connectivity index (χ2v) is 15.6. The summed E-state index contributed by atoms with van der Waals surface area (Å²) in [6.45, 7) is 7.30. The smallest absolute Gasteiger partial charge is 0.187 e. The molecule has 0 aromatic heterocycles. The molecule has 13 nitrogen and oxygen atoms in total. The van der Waals surface area contributed by atoms with E-state index in [2.05, 4.69) is 19.9 Å². The maximum absolute atomic E-state index is 14.3.